The van der Waals surface area contributed by atoms with E-state index in [1.165, 1.54) is 24.6 Å². The summed E-state index contributed by atoms with van der Waals surface area (Å²) >= 11 is 0. The van der Waals surface area contributed by atoms with E-state index in [0.29, 0.717) is 43.0 Å². The van der Waals surface area contributed by atoms with Crippen molar-refractivity contribution in [2.45, 2.75) is 30.3 Å². The molecule has 1 saturated heterocycles. The molecule has 2 aliphatic heterocycles. The molecule has 10 nitrogen and oxygen atoms in total. The molecular weight excluding hydrogens is 558 g/mol. The zero-order chi connectivity index (χ0) is 29.7. The maximum absolute atomic E-state index is 13.8. The lowest BCUT2D eigenvalue weighted by Crippen LogP contribution is -2.53. The van der Waals surface area contributed by atoms with Crippen molar-refractivity contribution in [1.29, 1.82) is 0 Å². The van der Waals surface area contributed by atoms with Gasteiger partial charge in [0.05, 0.1) is 26.5 Å². The summed E-state index contributed by atoms with van der Waals surface area (Å²) in [5, 5.41) is 2.93. The summed E-state index contributed by atoms with van der Waals surface area (Å²) in [6.07, 6.45) is 0.512. The number of carbonyl (C=O) groups is 2. The van der Waals surface area contributed by atoms with Crippen molar-refractivity contribution in [3.63, 3.8) is 0 Å². The molecule has 0 bridgehead atoms. The lowest BCUT2D eigenvalue weighted by molar-refractivity contribution is -0.129. The Morgan fingerprint density at radius 1 is 0.952 bits per heavy atom. The van der Waals surface area contributed by atoms with Gasteiger partial charge in [-0.05, 0) is 49.1 Å². The van der Waals surface area contributed by atoms with Crippen molar-refractivity contribution < 1.29 is 32.2 Å². The molecule has 0 radical (unpaired) electrons. The van der Waals surface area contributed by atoms with Crippen LogP contribution in [-0.4, -0.2) is 71.0 Å². The Morgan fingerprint density at radius 2 is 1.67 bits per heavy atom. The average molecular weight is 594 g/mol. The number of para-hydroxylation sites is 2. The highest BCUT2D eigenvalue weighted by atomic mass is 32.2. The van der Waals surface area contributed by atoms with Gasteiger partial charge in [-0.1, -0.05) is 42.5 Å². The van der Waals surface area contributed by atoms with Gasteiger partial charge in [-0.2, -0.15) is 4.31 Å². The third kappa shape index (κ3) is 6.22. The van der Waals surface area contributed by atoms with Crippen LogP contribution >= 0.6 is 0 Å². The smallest absolute Gasteiger partial charge is 0.262 e. The normalized spacial score (nSPS) is 17.6. The van der Waals surface area contributed by atoms with E-state index in [2.05, 4.69) is 5.32 Å². The Kier molecular flexibility index (Phi) is 8.98. The Labute approximate surface area is 246 Å². The Bertz CT molecular complexity index is 1520. The number of hydrogen-bond acceptors (Lipinski definition) is 7. The summed E-state index contributed by atoms with van der Waals surface area (Å²) < 4.78 is 44.9. The monoisotopic (exact) mass is 593 g/mol. The Morgan fingerprint density at radius 3 is 2.38 bits per heavy atom. The highest BCUT2D eigenvalue weighted by Crippen LogP contribution is 2.37. The number of amides is 2. The van der Waals surface area contributed by atoms with Gasteiger partial charge in [0.2, 0.25) is 15.9 Å². The molecule has 0 aromatic heterocycles. The highest BCUT2D eigenvalue weighted by Gasteiger charge is 2.39. The second-order valence-electron chi connectivity index (χ2n) is 10.2. The minimum absolute atomic E-state index is 0.0253. The van der Waals surface area contributed by atoms with Crippen molar-refractivity contribution in [3.05, 3.63) is 78.4 Å². The number of ether oxygens (including phenoxy) is 3. The minimum atomic E-state index is -3.88. The zero-order valence-corrected chi connectivity index (χ0v) is 24.5. The third-order valence-corrected chi connectivity index (χ3v) is 9.60. The summed E-state index contributed by atoms with van der Waals surface area (Å²) in [6, 6.07) is 21.7. The van der Waals surface area contributed by atoms with Gasteiger partial charge in [-0.3, -0.25) is 9.59 Å². The van der Waals surface area contributed by atoms with Crippen LogP contribution in [0.2, 0.25) is 0 Å². The highest BCUT2D eigenvalue weighted by molar-refractivity contribution is 7.89. The molecule has 1 fully saturated rings. The lowest BCUT2D eigenvalue weighted by atomic mass is 9.95. The molecule has 42 heavy (non-hydrogen) atoms. The quantitative estimate of drug-likeness (QED) is 0.405. The molecule has 2 amide bonds. The second kappa shape index (κ2) is 12.8. The molecule has 11 heteroatoms. The van der Waals surface area contributed by atoms with E-state index in [-0.39, 0.29) is 42.1 Å². The van der Waals surface area contributed by atoms with Crippen LogP contribution in [0.1, 0.15) is 18.4 Å². The molecular formula is C31H35N3O7S. The van der Waals surface area contributed by atoms with E-state index < -0.39 is 22.0 Å². The minimum Gasteiger partial charge on any atom is -0.497 e. The van der Waals surface area contributed by atoms with E-state index in [9.17, 15) is 18.0 Å². The van der Waals surface area contributed by atoms with Crippen LogP contribution in [0.3, 0.4) is 0 Å². The molecule has 0 unspecified atom stereocenters. The molecule has 0 saturated carbocycles. The van der Waals surface area contributed by atoms with Gasteiger partial charge in [0, 0.05) is 31.6 Å². The van der Waals surface area contributed by atoms with E-state index in [4.69, 9.17) is 14.2 Å². The lowest BCUT2D eigenvalue weighted by Gasteiger charge is -2.38. The molecule has 1 N–H and O–H groups in total. The number of benzene rings is 3. The predicted octanol–water partition coefficient (Wildman–Crippen LogP) is 3.26. The fourth-order valence-electron chi connectivity index (χ4n) is 5.36. The number of rotatable bonds is 9. The number of hydrogen-bond donors (Lipinski definition) is 1. The molecule has 3 aromatic rings. The number of nitrogens with one attached hydrogen (secondary N) is 1. The number of sulfonamides is 1. The summed E-state index contributed by atoms with van der Waals surface area (Å²) in [7, 11) is -0.989. The topological polar surface area (TPSA) is 114 Å². The molecule has 0 spiro atoms. The zero-order valence-electron chi connectivity index (χ0n) is 23.7. The number of carbonyl (C=O) groups excluding carboxylic acids is 2. The van der Waals surface area contributed by atoms with E-state index in [1.54, 1.807) is 35.2 Å². The van der Waals surface area contributed by atoms with Gasteiger partial charge >= 0.3 is 0 Å². The van der Waals surface area contributed by atoms with Gasteiger partial charge < -0.3 is 24.4 Å². The number of piperidine rings is 1. The second-order valence-corrected chi connectivity index (χ2v) is 12.2. The Hall–Kier alpha value is -4.09. The van der Waals surface area contributed by atoms with Crippen molar-refractivity contribution >= 4 is 27.5 Å². The first kappa shape index (κ1) is 29.4. The number of fused-ring (bicyclic) bond motifs is 1. The van der Waals surface area contributed by atoms with Crippen molar-refractivity contribution in [3.8, 4) is 17.2 Å². The fraction of sp³-hybridized carbons (Fsp3) is 0.355. The van der Waals surface area contributed by atoms with E-state index in [0.717, 1.165) is 5.56 Å². The molecule has 222 valence electrons. The van der Waals surface area contributed by atoms with Crippen LogP contribution in [0.4, 0.5) is 5.69 Å². The summed E-state index contributed by atoms with van der Waals surface area (Å²) in [4.78, 5) is 28.5. The van der Waals surface area contributed by atoms with Gasteiger partial charge in [-0.25, -0.2) is 8.42 Å². The first-order valence-electron chi connectivity index (χ1n) is 13.9. The maximum Gasteiger partial charge on any atom is 0.262 e. The van der Waals surface area contributed by atoms with E-state index in [1.807, 2.05) is 36.4 Å². The van der Waals surface area contributed by atoms with Crippen molar-refractivity contribution in [2.24, 2.45) is 5.92 Å². The van der Waals surface area contributed by atoms with Crippen LogP contribution in [0, 0.1) is 5.92 Å². The molecule has 2 heterocycles. The number of methoxy groups -OCH3 is 2. The van der Waals surface area contributed by atoms with Crippen molar-refractivity contribution in [1.82, 2.24) is 9.62 Å². The van der Waals surface area contributed by atoms with Crippen molar-refractivity contribution in [2.75, 3.05) is 45.3 Å². The molecule has 3 aromatic carbocycles. The molecule has 2 aliphatic rings. The third-order valence-electron chi connectivity index (χ3n) is 7.68. The average Bonchev–Trinajstić information content (AvgIpc) is 3.04. The largest absolute Gasteiger partial charge is 0.497 e. The SMILES string of the molecule is COc1ccc(OC)c(S(=O)(=O)N2CCC(C(=O)N3C[C@@H](C(=O)NCCc4ccccc4)Oc4ccccc43)CC2)c1. The Balaban J connectivity index is 1.25. The number of anilines is 1. The fourth-order valence-corrected chi connectivity index (χ4v) is 7.00. The van der Waals surface area contributed by atoms with Gasteiger partial charge in [0.1, 0.15) is 22.1 Å². The first-order chi connectivity index (χ1) is 20.3. The summed E-state index contributed by atoms with van der Waals surface area (Å²) in [5.74, 6) is 0.258. The molecule has 0 aliphatic carbocycles. The van der Waals surface area contributed by atoms with Crippen LogP contribution < -0.4 is 24.4 Å². The van der Waals surface area contributed by atoms with Crippen LogP contribution in [0.25, 0.3) is 0 Å². The number of nitrogens with zero attached hydrogens (tertiary/aromatic N) is 2. The standard InChI is InChI=1S/C31H35N3O7S/c1-39-24-12-13-27(40-2)29(20-24)42(37,38)33-18-15-23(16-19-33)31(36)34-21-28(41-26-11-7-6-10-25(26)34)30(35)32-17-14-22-8-4-3-5-9-22/h3-13,20,23,28H,14-19,21H2,1-2H3,(H,32,35)/t28-/m0/s1. The summed E-state index contributed by atoms with van der Waals surface area (Å²) in [6.45, 7) is 0.874. The maximum atomic E-state index is 13.8. The van der Waals surface area contributed by atoms with Crippen LogP contribution in [-0.2, 0) is 26.0 Å². The van der Waals surface area contributed by atoms with Crippen LogP contribution in [0.15, 0.2) is 77.7 Å². The van der Waals surface area contributed by atoms with Crippen LogP contribution in [0.5, 0.6) is 17.2 Å². The summed E-state index contributed by atoms with van der Waals surface area (Å²) in [5.41, 5.74) is 1.72. The van der Waals surface area contributed by atoms with Gasteiger partial charge in [0.15, 0.2) is 6.10 Å². The molecule has 1 atom stereocenters. The van der Waals surface area contributed by atoms with Gasteiger partial charge in [-0.15, -0.1) is 0 Å². The van der Waals surface area contributed by atoms with Gasteiger partial charge in [0.25, 0.3) is 5.91 Å². The first-order valence-corrected chi connectivity index (χ1v) is 15.4. The predicted molar refractivity (Wildman–Crippen MR) is 157 cm³/mol. The van der Waals surface area contributed by atoms with E-state index >= 15 is 0 Å². The molecule has 5 rings (SSSR count).